The molecule has 2 amide bonds. The molecule has 0 radical (unpaired) electrons. The zero-order valence-corrected chi connectivity index (χ0v) is 11.1. The molecular formula is C16H19NO2. The smallest absolute Gasteiger partial charge is 0.261 e. The van der Waals surface area contributed by atoms with E-state index in [-0.39, 0.29) is 11.8 Å². The van der Waals surface area contributed by atoms with Crippen molar-refractivity contribution in [3.63, 3.8) is 0 Å². The van der Waals surface area contributed by atoms with Crippen LogP contribution in [0.5, 0.6) is 0 Å². The maximum Gasteiger partial charge on any atom is 0.261 e. The summed E-state index contributed by atoms with van der Waals surface area (Å²) in [5, 5.41) is 0. The van der Waals surface area contributed by atoms with Gasteiger partial charge in [-0.3, -0.25) is 14.5 Å². The van der Waals surface area contributed by atoms with E-state index in [0.717, 1.165) is 18.8 Å². The summed E-state index contributed by atoms with van der Waals surface area (Å²) in [4.78, 5) is 25.7. The zero-order valence-electron chi connectivity index (χ0n) is 11.1. The van der Waals surface area contributed by atoms with Crippen LogP contribution in [0.1, 0.15) is 59.2 Å². The molecule has 1 saturated carbocycles. The van der Waals surface area contributed by atoms with Gasteiger partial charge in [0.25, 0.3) is 11.8 Å². The van der Waals surface area contributed by atoms with Crippen LogP contribution in [0.25, 0.3) is 0 Å². The van der Waals surface area contributed by atoms with Crippen molar-refractivity contribution < 1.29 is 9.59 Å². The van der Waals surface area contributed by atoms with Gasteiger partial charge in [0.2, 0.25) is 0 Å². The van der Waals surface area contributed by atoms with E-state index in [0.29, 0.717) is 17.7 Å². The van der Waals surface area contributed by atoms with Crippen LogP contribution in [0.15, 0.2) is 24.3 Å². The van der Waals surface area contributed by atoms with E-state index >= 15 is 0 Å². The molecule has 1 aromatic carbocycles. The molecule has 0 bridgehead atoms. The summed E-state index contributed by atoms with van der Waals surface area (Å²) in [6.45, 7) is 0.572. The minimum absolute atomic E-state index is 0.118. The molecule has 0 spiro atoms. The van der Waals surface area contributed by atoms with Gasteiger partial charge in [-0.2, -0.15) is 0 Å². The van der Waals surface area contributed by atoms with Crippen LogP contribution in [0, 0.1) is 5.92 Å². The summed E-state index contributed by atoms with van der Waals surface area (Å²) in [7, 11) is 0. The van der Waals surface area contributed by atoms with E-state index < -0.39 is 0 Å². The number of hydrogen-bond acceptors (Lipinski definition) is 2. The molecule has 0 atom stereocenters. The number of nitrogens with zero attached hydrogens (tertiary/aromatic N) is 1. The van der Waals surface area contributed by atoms with Crippen LogP contribution in [0.4, 0.5) is 0 Å². The molecule has 1 aliphatic heterocycles. The summed E-state index contributed by atoms with van der Waals surface area (Å²) in [5.74, 6) is 0.578. The van der Waals surface area contributed by atoms with Gasteiger partial charge in [0.15, 0.2) is 0 Å². The summed E-state index contributed by atoms with van der Waals surface area (Å²) >= 11 is 0. The second-order valence-electron chi connectivity index (χ2n) is 5.60. The van der Waals surface area contributed by atoms with Crippen molar-refractivity contribution in [3.05, 3.63) is 35.4 Å². The van der Waals surface area contributed by atoms with Gasteiger partial charge in [-0.05, 0) is 30.9 Å². The van der Waals surface area contributed by atoms with E-state index in [2.05, 4.69) is 0 Å². The first kappa shape index (κ1) is 12.4. The lowest BCUT2D eigenvalue weighted by Crippen LogP contribution is -2.30. The Morgan fingerprint density at radius 3 is 2.16 bits per heavy atom. The molecule has 3 heteroatoms. The highest BCUT2D eigenvalue weighted by atomic mass is 16.2. The highest BCUT2D eigenvalue weighted by Crippen LogP contribution is 2.29. The maximum absolute atomic E-state index is 12.1. The number of carbonyl (C=O) groups excluding carboxylic acids is 2. The van der Waals surface area contributed by atoms with Crippen molar-refractivity contribution in [2.75, 3.05) is 6.54 Å². The number of carbonyl (C=O) groups is 2. The lowest BCUT2D eigenvalue weighted by molar-refractivity contribution is 0.0650. The normalized spacial score (nSPS) is 19.3. The van der Waals surface area contributed by atoms with Crippen LogP contribution in [0.3, 0.4) is 0 Å². The molecule has 1 fully saturated rings. The minimum Gasteiger partial charge on any atom is -0.274 e. The minimum atomic E-state index is -0.118. The molecule has 3 rings (SSSR count). The first-order valence-corrected chi connectivity index (χ1v) is 7.22. The molecule has 19 heavy (non-hydrogen) atoms. The van der Waals surface area contributed by atoms with E-state index in [9.17, 15) is 9.59 Å². The van der Waals surface area contributed by atoms with Gasteiger partial charge < -0.3 is 0 Å². The standard InChI is InChI=1S/C16H19NO2/c18-15-13-9-3-4-10-14(13)16(19)17(15)11-5-8-12-6-1-2-7-12/h3-4,9-10,12H,1-2,5-8,11H2. The van der Waals surface area contributed by atoms with Gasteiger partial charge in [0.05, 0.1) is 11.1 Å². The average Bonchev–Trinajstić information content (AvgIpc) is 3.02. The third kappa shape index (κ3) is 2.29. The highest BCUT2D eigenvalue weighted by molar-refractivity contribution is 6.21. The van der Waals surface area contributed by atoms with E-state index in [1.807, 2.05) is 12.1 Å². The van der Waals surface area contributed by atoms with Crippen LogP contribution in [-0.2, 0) is 0 Å². The molecule has 1 aromatic rings. The van der Waals surface area contributed by atoms with Crippen molar-refractivity contribution in [1.29, 1.82) is 0 Å². The topological polar surface area (TPSA) is 37.4 Å². The Balaban J connectivity index is 1.60. The molecule has 3 nitrogen and oxygen atoms in total. The number of fused-ring (bicyclic) bond motifs is 1. The SMILES string of the molecule is O=C1c2ccccc2C(=O)N1CCCC1CCCC1. The fraction of sp³-hybridized carbons (Fsp3) is 0.500. The van der Waals surface area contributed by atoms with Crippen LogP contribution >= 0.6 is 0 Å². The first-order valence-electron chi connectivity index (χ1n) is 7.22. The quantitative estimate of drug-likeness (QED) is 0.776. The van der Waals surface area contributed by atoms with Crippen molar-refractivity contribution in [1.82, 2.24) is 4.90 Å². The Hall–Kier alpha value is -1.64. The fourth-order valence-corrected chi connectivity index (χ4v) is 3.28. The summed E-state index contributed by atoms with van der Waals surface area (Å²) in [6, 6.07) is 7.11. The molecule has 0 aromatic heterocycles. The van der Waals surface area contributed by atoms with Crippen molar-refractivity contribution in [2.24, 2.45) is 5.92 Å². The number of benzene rings is 1. The van der Waals surface area contributed by atoms with Crippen LogP contribution in [-0.4, -0.2) is 23.3 Å². The Morgan fingerprint density at radius 1 is 1.00 bits per heavy atom. The van der Waals surface area contributed by atoms with Gasteiger partial charge in [0.1, 0.15) is 0 Å². The maximum atomic E-state index is 12.1. The molecular weight excluding hydrogens is 238 g/mol. The van der Waals surface area contributed by atoms with Crippen molar-refractivity contribution >= 4 is 11.8 Å². The lowest BCUT2D eigenvalue weighted by Gasteiger charge is -2.15. The fourth-order valence-electron chi connectivity index (χ4n) is 3.28. The van der Waals surface area contributed by atoms with E-state index in [1.165, 1.54) is 30.6 Å². The third-order valence-corrected chi connectivity index (χ3v) is 4.35. The molecule has 1 heterocycles. The first-order chi connectivity index (χ1) is 9.27. The van der Waals surface area contributed by atoms with Gasteiger partial charge >= 0.3 is 0 Å². The Kier molecular flexibility index (Phi) is 3.36. The number of amides is 2. The zero-order chi connectivity index (χ0) is 13.2. The molecule has 100 valence electrons. The predicted octanol–water partition coefficient (Wildman–Crippen LogP) is 3.25. The second-order valence-corrected chi connectivity index (χ2v) is 5.60. The van der Waals surface area contributed by atoms with Gasteiger partial charge in [-0.25, -0.2) is 0 Å². The molecule has 2 aliphatic rings. The largest absolute Gasteiger partial charge is 0.274 e. The number of imide groups is 1. The van der Waals surface area contributed by atoms with Crippen molar-refractivity contribution in [3.8, 4) is 0 Å². The Morgan fingerprint density at radius 2 is 1.58 bits per heavy atom. The molecule has 0 unspecified atom stereocenters. The highest BCUT2D eigenvalue weighted by Gasteiger charge is 2.34. The average molecular weight is 257 g/mol. The lowest BCUT2D eigenvalue weighted by atomic mass is 10.0. The molecule has 0 N–H and O–H groups in total. The third-order valence-electron chi connectivity index (χ3n) is 4.35. The Bertz CT molecular complexity index is 468. The summed E-state index contributed by atoms with van der Waals surface area (Å²) in [5.41, 5.74) is 1.13. The summed E-state index contributed by atoms with van der Waals surface area (Å²) in [6.07, 6.45) is 7.42. The van der Waals surface area contributed by atoms with E-state index in [4.69, 9.17) is 0 Å². The van der Waals surface area contributed by atoms with Gasteiger partial charge in [0, 0.05) is 6.54 Å². The van der Waals surface area contributed by atoms with Crippen molar-refractivity contribution in [2.45, 2.75) is 38.5 Å². The monoisotopic (exact) mass is 257 g/mol. The predicted molar refractivity (Wildman–Crippen MR) is 73.0 cm³/mol. The Labute approximate surface area is 113 Å². The molecule has 1 aliphatic carbocycles. The van der Waals surface area contributed by atoms with Crippen LogP contribution in [0.2, 0.25) is 0 Å². The number of rotatable bonds is 4. The van der Waals surface area contributed by atoms with E-state index in [1.54, 1.807) is 12.1 Å². The molecule has 0 saturated heterocycles. The number of hydrogen-bond donors (Lipinski definition) is 0. The second kappa shape index (κ2) is 5.16. The van der Waals surface area contributed by atoms with Gasteiger partial charge in [-0.1, -0.05) is 37.8 Å². The van der Waals surface area contributed by atoms with Gasteiger partial charge in [-0.15, -0.1) is 0 Å². The van der Waals surface area contributed by atoms with Crippen LogP contribution < -0.4 is 0 Å². The summed E-state index contributed by atoms with van der Waals surface area (Å²) < 4.78 is 0.